The van der Waals surface area contributed by atoms with Crippen LogP contribution in [0.1, 0.15) is 12.8 Å². The van der Waals surface area contributed by atoms with E-state index in [1.165, 1.54) is 12.8 Å². The van der Waals surface area contributed by atoms with Crippen molar-refractivity contribution in [3.63, 3.8) is 0 Å². The lowest BCUT2D eigenvalue weighted by Crippen LogP contribution is -2.46. The Hall–Kier alpha value is -0.570. The molecule has 1 heterocycles. The zero-order valence-electron chi connectivity index (χ0n) is 5.80. The average molecular weight is 141 g/mol. The summed E-state index contributed by atoms with van der Waals surface area (Å²) in [6, 6.07) is 0.321. The highest BCUT2D eigenvalue weighted by atomic mass is 16.5. The van der Waals surface area contributed by atoms with Gasteiger partial charge in [-0.3, -0.25) is 4.79 Å². The van der Waals surface area contributed by atoms with E-state index in [0.29, 0.717) is 12.0 Å². The van der Waals surface area contributed by atoms with E-state index in [1.807, 2.05) is 0 Å². The first kappa shape index (κ1) is 6.16. The predicted molar refractivity (Wildman–Crippen MR) is 35.5 cm³/mol. The maximum Gasteiger partial charge on any atom is 0.246 e. The molecule has 1 saturated heterocycles. The van der Waals surface area contributed by atoms with Gasteiger partial charge in [-0.1, -0.05) is 0 Å². The van der Waals surface area contributed by atoms with E-state index < -0.39 is 0 Å². The van der Waals surface area contributed by atoms with E-state index >= 15 is 0 Å². The molecule has 1 unspecified atom stereocenters. The standard InChI is InChI=1S/C7H11NO2/c9-7-4-10-3-6(8-7)5-1-2-5/h5-6H,1-4H2,(H,8,9). The molecule has 1 amide bonds. The first-order valence-electron chi connectivity index (χ1n) is 3.73. The van der Waals surface area contributed by atoms with Crippen molar-refractivity contribution in [1.82, 2.24) is 5.32 Å². The SMILES string of the molecule is O=C1COCC(C2CC2)N1. The number of morpholine rings is 1. The van der Waals surface area contributed by atoms with E-state index in [2.05, 4.69) is 5.32 Å². The molecule has 1 saturated carbocycles. The summed E-state index contributed by atoms with van der Waals surface area (Å²) in [6.07, 6.45) is 2.52. The number of carbonyl (C=O) groups is 1. The van der Waals surface area contributed by atoms with Crippen molar-refractivity contribution in [3.05, 3.63) is 0 Å². The Kier molecular flexibility index (Phi) is 1.38. The lowest BCUT2D eigenvalue weighted by Gasteiger charge is -2.22. The van der Waals surface area contributed by atoms with Crippen molar-refractivity contribution in [1.29, 1.82) is 0 Å². The molecule has 2 fully saturated rings. The highest BCUT2D eigenvalue weighted by molar-refractivity contribution is 5.78. The van der Waals surface area contributed by atoms with E-state index in [9.17, 15) is 4.79 Å². The summed E-state index contributed by atoms with van der Waals surface area (Å²) in [5.74, 6) is 0.757. The second kappa shape index (κ2) is 2.23. The van der Waals surface area contributed by atoms with E-state index in [0.717, 1.165) is 6.61 Å². The molecule has 0 aromatic carbocycles. The van der Waals surface area contributed by atoms with E-state index in [4.69, 9.17) is 4.74 Å². The summed E-state index contributed by atoms with van der Waals surface area (Å²) in [7, 11) is 0. The Balaban J connectivity index is 1.89. The van der Waals surface area contributed by atoms with Crippen LogP contribution < -0.4 is 5.32 Å². The summed E-state index contributed by atoms with van der Waals surface area (Å²) >= 11 is 0. The van der Waals surface area contributed by atoms with Gasteiger partial charge in [0.1, 0.15) is 6.61 Å². The molecule has 0 bridgehead atoms. The maximum absolute atomic E-state index is 10.8. The number of hydrogen-bond donors (Lipinski definition) is 1. The summed E-state index contributed by atoms with van der Waals surface area (Å²) in [6.45, 7) is 0.972. The van der Waals surface area contributed by atoms with Crippen LogP contribution in [-0.4, -0.2) is 25.2 Å². The van der Waals surface area contributed by atoms with Gasteiger partial charge in [-0.2, -0.15) is 0 Å². The summed E-state index contributed by atoms with van der Waals surface area (Å²) in [5, 5.41) is 2.91. The van der Waals surface area contributed by atoms with Gasteiger partial charge in [0.25, 0.3) is 0 Å². The molecule has 1 atom stereocenters. The Labute approximate surface area is 59.7 Å². The zero-order chi connectivity index (χ0) is 6.97. The molecular weight excluding hydrogens is 130 g/mol. The number of amides is 1. The van der Waals surface area contributed by atoms with Gasteiger partial charge in [-0.15, -0.1) is 0 Å². The summed E-state index contributed by atoms with van der Waals surface area (Å²) in [4.78, 5) is 10.8. The Morgan fingerprint density at radius 3 is 2.90 bits per heavy atom. The molecule has 1 aliphatic heterocycles. The molecule has 2 aliphatic rings. The van der Waals surface area contributed by atoms with Gasteiger partial charge >= 0.3 is 0 Å². The van der Waals surface area contributed by atoms with Crippen LogP contribution in [0.3, 0.4) is 0 Å². The molecule has 1 N–H and O–H groups in total. The fourth-order valence-corrected chi connectivity index (χ4v) is 1.32. The topological polar surface area (TPSA) is 38.3 Å². The van der Waals surface area contributed by atoms with Crippen molar-refractivity contribution in [2.24, 2.45) is 5.92 Å². The van der Waals surface area contributed by atoms with Crippen LogP contribution >= 0.6 is 0 Å². The molecule has 0 spiro atoms. The lowest BCUT2D eigenvalue weighted by molar-refractivity contribution is -0.131. The van der Waals surface area contributed by atoms with Crippen molar-refractivity contribution < 1.29 is 9.53 Å². The molecule has 0 aromatic rings. The Morgan fingerprint density at radius 1 is 1.50 bits per heavy atom. The smallest absolute Gasteiger partial charge is 0.246 e. The normalized spacial score (nSPS) is 33.6. The molecular formula is C7H11NO2. The molecule has 3 heteroatoms. The van der Waals surface area contributed by atoms with Gasteiger partial charge < -0.3 is 10.1 Å². The molecule has 10 heavy (non-hydrogen) atoms. The van der Waals surface area contributed by atoms with E-state index in [-0.39, 0.29) is 12.5 Å². The minimum atomic E-state index is 0.0446. The predicted octanol–water partition coefficient (Wildman–Crippen LogP) is -0.0886. The lowest BCUT2D eigenvalue weighted by atomic mass is 10.2. The second-order valence-corrected chi connectivity index (χ2v) is 3.03. The van der Waals surface area contributed by atoms with Gasteiger partial charge in [0.15, 0.2) is 0 Å². The van der Waals surface area contributed by atoms with Crippen molar-refractivity contribution in [2.45, 2.75) is 18.9 Å². The van der Waals surface area contributed by atoms with Crippen molar-refractivity contribution >= 4 is 5.91 Å². The Bertz CT molecular complexity index is 154. The molecule has 0 aromatic heterocycles. The molecule has 0 radical (unpaired) electrons. The summed E-state index contributed by atoms with van der Waals surface area (Å²) in [5.41, 5.74) is 0. The van der Waals surface area contributed by atoms with Crippen LogP contribution in [0.2, 0.25) is 0 Å². The maximum atomic E-state index is 10.8. The number of hydrogen-bond acceptors (Lipinski definition) is 2. The number of rotatable bonds is 1. The molecule has 1 aliphatic carbocycles. The highest BCUT2D eigenvalue weighted by Gasteiger charge is 2.34. The first-order valence-corrected chi connectivity index (χ1v) is 3.73. The van der Waals surface area contributed by atoms with Crippen LogP contribution in [0.4, 0.5) is 0 Å². The van der Waals surface area contributed by atoms with Crippen molar-refractivity contribution in [2.75, 3.05) is 13.2 Å². The number of carbonyl (C=O) groups excluding carboxylic acids is 1. The van der Waals surface area contributed by atoms with Gasteiger partial charge in [0.05, 0.1) is 12.6 Å². The van der Waals surface area contributed by atoms with Crippen LogP contribution in [0.5, 0.6) is 0 Å². The zero-order valence-corrected chi connectivity index (χ0v) is 5.80. The van der Waals surface area contributed by atoms with Crippen LogP contribution in [0.15, 0.2) is 0 Å². The van der Waals surface area contributed by atoms with Crippen LogP contribution in [0, 0.1) is 5.92 Å². The largest absolute Gasteiger partial charge is 0.370 e. The number of ether oxygens (including phenoxy) is 1. The third kappa shape index (κ3) is 1.14. The number of nitrogens with one attached hydrogen (secondary N) is 1. The first-order chi connectivity index (χ1) is 4.86. The van der Waals surface area contributed by atoms with Gasteiger partial charge in [-0.05, 0) is 18.8 Å². The Morgan fingerprint density at radius 2 is 2.30 bits per heavy atom. The second-order valence-electron chi connectivity index (χ2n) is 3.03. The van der Waals surface area contributed by atoms with Crippen LogP contribution in [-0.2, 0) is 9.53 Å². The third-order valence-electron chi connectivity index (χ3n) is 2.07. The van der Waals surface area contributed by atoms with Gasteiger partial charge in [0.2, 0.25) is 5.91 Å². The van der Waals surface area contributed by atoms with Gasteiger partial charge in [0, 0.05) is 0 Å². The fourth-order valence-electron chi connectivity index (χ4n) is 1.32. The molecule has 2 rings (SSSR count). The van der Waals surface area contributed by atoms with E-state index in [1.54, 1.807) is 0 Å². The molecule has 56 valence electrons. The van der Waals surface area contributed by atoms with Gasteiger partial charge in [-0.25, -0.2) is 0 Å². The summed E-state index contributed by atoms with van der Waals surface area (Å²) < 4.78 is 5.08. The average Bonchev–Trinajstić information content (AvgIpc) is 2.68. The van der Waals surface area contributed by atoms with Crippen LogP contribution in [0.25, 0.3) is 0 Å². The van der Waals surface area contributed by atoms with Crippen molar-refractivity contribution in [3.8, 4) is 0 Å². The quantitative estimate of drug-likeness (QED) is 0.554. The minimum absolute atomic E-state index is 0.0446. The third-order valence-corrected chi connectivity index (χ3v) is 2.07. The monoisotopic (exact) mass is 141 g/mol. The molecule has 3 nitrogen and oxygen atoms in total. The minimum Gasteiger partial charge on any atom is -0.370 e. The fraction of sp³-hybridized carbons (Fsp3) is 0.857. The highest BCUT2D eigenvalue weighted by Crippen LogP contribution is 2.33.